The molecule has 1 fully saturated rings. The van der Waals surface area contributed by atoms with Gasteiger partial charge in [0.05, 0.1) is 43.2 Å². The molecular formula is C29H35N9O5. The zero-order valence-electron chi connectivity index (χ0n) is 24.2. The Morgan fingerprint density at radius 2 is 1.93 bits per heavy atom. The van der Waals surface area contributed by atoms with Crippen LogP contribution in [0.5, 0.6) is 11.5 Å². The molecule has 0 aliphatic carbocycles. The first-order chi connectivity index (χ1) is 20.9. The third-order valence-corrected chi connectivity index (χ3v) is 6.80. The number of aromatic nitrogens is 1. The Morgan fingerprint density at radius 1 is 1.19 bits per heavy atom. The first kappa shape index (κ1) is 30.7. The molecule has 2 amide bonds. The minimum atomic E-state index is -0.487. The van der Waals surface area contributed by atoms with Gasteiger partial charge >= 0.3 is 12.0 Å². The van der Waals surface area contributed by atoms with Gasteiger partial charge in [-0.25, -0.2) is 15.4 Å². The summed E-state index contributed by atoms with van der Waals surface area (Å²) in [5.74, 6) is 11.4. The second kappa shape index (κ2) is 14.6. The van der Waals surface area contributed by atoms with E-state index in [-0.39, 0.29) is 12.6 Å². The number of hydrogen-bond donors (Lipinski definition) is 3. The van der Waals surface area contributed by atoms with Crippen molar-refractivity contribution in [3.63, 3.8) is 0 Å². The number of pyridine rings is 1. The molecule has 5 N–H and O–H groups in total. The van der Waals surface area contributed by atoms with Gasteiger partial charge in [0.25, 0.3) is 0 Å². The zero-order chi connectivity index (χ0) is 30.8. The predicted octanol–water partition coefficient (Wildman–Crippen LogP) is 2.49. The molecule has 226 valence electrons. The number of ether oxygens (including phenoxy) is 3. The van der Waals surface area contributed by atoms with Gasteiger partial charge in [-0.2, -0.15) is 10.4 Å². The van der Waals surface area contributed by atoms with E-state index >= 15 is 0 Å². The fraction of sp³-hybridized carbons (Fsp3) is 0.345. The average molecular weight is 590 g/mol. The van der Waals surface area contributed by atoms with E-state index in [2.05, 4.69) is 26.4 Å². The van der Waals surface area contributed by atoms with Crippen molar-refractivity contribution in [2.24, 2.45) is 16.8 Å². The van der Waals surface area contributed by atoms with Crippen molar-refractivity contribution in [3.05, 3.63) is 53.7 Å². The molecule has 2 heterocycles. The molecule has 14 heteroatoms. The summed E-state index contributed by atoms with van der Waals surface area (Å²) < 4.78 is 17.0. The van der Waals surface area contributed by atoms with E-state index in [0.29, 0.717) is 90.7 Å². The number of urea groups is 1. The number of hydrazone groups is 1. The number of anilines is 2. The molecule has 0 unspecified atom stereocenters. The van der Waals surface area contributed by atoms with E-state index in [1.54, 1.807) is 55.3 Å². The number of carbonyl (C=O) groups is 2. The highest BCUT2D eigenvalue weighted by atomic mass is 16.5. The third kappa shape index (κ3) is 7.52. The van der Waals surface area contributed by atoms with E-state index in [9.17, 15) is 9.59 Å². The van der Waals surface area contributed by atoms with Crippen LogP contribution < -0.4 is 31.4 Å². The number of nitrogens with one attached hydrogen (secondary N) is 1. The second-order valence-electron chi connectivity index (χ2n) is 9.56. The van der Waals surface area contributed by atoms with Crippen LogP contribution in [0.2, 0.25) is 0 Å². The normalized spacial score (nSPS) is 13.1. The minimum absolute atomic E-state index is 0.215. The van der Waals surface area contributed by atoms with E-state index in [1.165, 1.54) is 17.5 Å². The van der Waals surface area contributed by atoms with Gasteiger partial charge in [0, 0.05) is 62.5 Å². The van der Waals surface area contributed by atoms with Gasteiger partial charge in [-0.05, 0) is 37.3 Å². The number of methoxy groups -OCH3 is 1. The first-order valence-corrected chi connectivity index (χ1v) is 13.7. The SMILES string of the molecule is CCOC(=O)c1cnc2cc(OCCCN(N)/C=N\N)c(OC)cc2c1N1CCN(C(=O)Nc2ccc(C#N)cc2)CC1. The number of carbonyl (C=O) groups excluding carboxylic acids is 2. The maximum Gasteiger partial charge on any atom is 0.341 e. The number of fused-ring (bicyclic) bond motifs is 1. The average Bonchev–Trinajstić information content (AvgIpc) is 3.02. The number of nitrogens with two attached hydrogens (primary N) is 2. The Hall–Kier alpha value is -5.29. The van der Waals surface area contributed by atoms with Crippen LogP contribution in [0, 0.1) is 11.3 Å². The molecule has 1 aliphatic rings. The Morgan fingerprint density at radius 3 is 2.58 bits per heavy atom. The maximum atomic E-state index is 13.0. The lowest BCUT2D eigenvalue weighted by Crippen LogP contribution is -2.50. The van der Waals surface area contributed by atoms with Crippen molar-refractivity contribution in [1.29, 1.82) is 5.26 Å². The molecule has 3 aromatic rings. The predicted molar refractivity (Wildman–Crippen MR) is 162 cm³/mol. The highest BCUT2D eigenvalue weighted by molar-refractivity contribution is 6.06. The van der Waals surface area contributed by atoms with Crippen molar-refractivity contribution >= 4 is 40.6 Å². The number of benzene rings is 2. The maximum absolute atomic E-state index is 13.0. The second-order valence-corrected chi connectivity index (χ2v) is 9.56. The van der Waals surface area contributed by atoms with Crippen molar-refractivity contribution in [2.45, 2.75) is 13.3 Å². The molecule has 2 aromatic carbocycles. The Kier molecular flexibility index (Phi) is 10.4. The molecule has 4 rings (SSSR count). The van der Waals surface area contributed by atoms with E-state index in [0.717, 1.165) is 0 Å². The molecule has 0 atom stereocenters. The van der Waals surface area contributed by atoms with Crippen molar-refractivity contribution < 1.29 is 23.8 Å². The zero-order valence-corrected chi connectivity index (χ0v) is 24.2. The lowest BCUT2D eigenvalue weighted by atomic mass is 10.1. The van der Waals surface area contributed by atoms with Gasteiger partial charge in [-0.15, -0.1) is 0 Å². The Balaban J connectivity index is 1.55. The van der Waals surface area contributed by atoms with E-state index in [1.807, 2.05) is 0 Å². The molecular weight excluding hydrogens is 554 g/mol. The van der Waals surface area contributed by atoms with Crippen LogP contribution in [0.4, 0.5) is 16.2 Å². The van der Waals surface area contributed by atoms with Gasteiger partial charge in [0.1, 0.15) is 11.9 Å². The number of hydrazine groups is 1. The van der Waals surface area contributed by atoms with Crippen LogP contribution in [0.3, 0.4) is 0 Å². The number of rotatable bonds is 11. The molecule has 43 heavy (non-hydrogen) atoms. The lowest BCUT2D eigenvalue weighted by Gasteiger charge is -2.37. The number of esters is 1. The number of nitrogens with zero attached hydrogens (tertiary/aromatic N) is 6. The van der Waals surface area contributed by atoms with Crippen LogP contribution in [-0.2, 0) is 4.74 Å². The summed E-state index contributed by atoms with van der Waals surface area (Å²) in [4.78, 5) is 34.2. The summed E-state index contributed by atoms with van der Waals surface area (Å²) in [5.41, 5.74) is 2.70. The van der Waals surface area contributed by atoms with Gasteiger partial charge in [0.15, 0.2) is 11.5 Å². The minimum Gasteiger partial charge on any atom is -0.493 e. The van der Waals surface area contributed by atoms with Gasteiger partial charge in [-0.3, -0.25) is 9.99 Å². The summed E-state index contributed by atoms with van der Waals surface area (Å²) in [5, 5.41) is 17.3. The standard InChI is InChI=1S/C29H35N9O5/c1-3-42-28(39)23-18-33-24-16-26(43-14-4-9-38(32)19-34-31)25(41-2)15-22(24)27(23)36-10-12-37(13-11-36)29(40)35-21-7-5-20(17-30)6-8-21/h5-8,15-16,18-19H,3-4,9-14,31-32H2,1-2H3,(H,35,40)/b34-19-. The van der Waals surface area contributed by atoms with Gasteiger partial charge < -0.3 is 35.2 Å². The number of hydrogen-bond acceptors (Lipinski definition) is 11. The molecule has 0 spiro atoms. The lowest BCUT2D eigenvalue weighted by molar-refractivity contribution is 0.0526. The number of amides is 2. The van der Waals surface area contributed by atoms with Crippen LogP contribution in [0.1, 0.15) is 29.3 Å². The summed E-state index contributed by atoms with van der Waals surface area (Å²) in [6.45, 7) is 4.57. The molecule has 0 radical (unpaired) electrons. The molecule has 0 saturated carbocycles. The summed E-state index contributed by atoms with van der Waals surface area (Å²) >= 11 is 0. The first-order valence-electron chi connectivity index (χ1n) is 13.7. The number of nitriles is 1. The van der Waals surface area contributed by atoms with Crippen LogP contribution in [-0.4, -0.2) is 86.3 Å². The van der Waals surface area contributed by atoms with E-state index in [4.69, 9.17) is 31.2 Å². The fourth-order valence-corrected chi connectivity index (χ4v) is 4.69. The smallest absolute Gasteiger partial charge is 0.341 e. The van der Waals surface area contributed by atoms with Crippen LogP contribution in [0.25, 0.3) is 10.9 Å². The summed E-state index contributed by atoms with van der Waals surface area (Å²) in [6, 6.07) is 12.1. The molecule has 0 bridgehead atoms. The molecule has 1 saturated heterocycles. The fourth-order valence-electron chi connectivity index (χ4n) is 4.69. The largest absolute Gasteiger partial charge is 0.493 e. The van der Waals surface area contributed by atoms with Gasteiger partial charge in [-0.1, -0.05) is 0 Å². The highest BCUT2D eigenvalue weighted by Crippen LogP contribution is 2.38. The quantitative estimate of drug-likeness (QED) is 0.0745. The van der Waals surface area contributed by atoms with E-state index < -0.39 is 5.97 Å². The summed E-state index contributed by atoms with van der Waals surface area (Å²) in [7, 11) is 1.54. The van der Waals surface area contributed by atoms with Crippen molar-refractivity contribution in [3.8, 4) is 17.6 Å². The Bertz CT molecular complexity index is 1500. The van der Waals surface area contributed by atoms with Crippen molar-refractivity contribution in [2.75, 3.05) is 63.3 Å². The summed E-state index contributed by atoms with van der Waals surface area (Å²) in [6.07, 6.45) is 3.44. The molecule has 14 nitrogen and oxygen atoms in total. The Labute approximate surface area is 249 Å². The van der Waals surface area contributed by atoms with Crippen LogP contribution in [0.15, 0.2) is 47.7 Å². The topological polar surface area (TPSA) is 185 Å². The third-order valence-electron chi connectivity index (χ3n) is 6.80. The molecule has 1 aliphatic heterocycles. The number of piperazine rings is 1. The highest BCUT2D eigenvalue weighted by Gasteiger charge is 2.27. The van der Waals surface area contributed by atoms with Crippen molar-refractivity contribution in [1.82, 2.24) is 14.9 Å². The monoisotopic (exact) mass is 589 g/mol. The van der Waals surface area contributed by atoms with Crippen LogP contribution >= 0.6 is 0 Å². The van der Waals surface area contributed by atoms with Gasteiger partial charge in [0.2, 0.25) is 0 Å². The molecule has 1 aromatic heterocycles.